The van der Waals surface area contributed by atoms with Crippen molar-refractivity contribution in [3.8, 4) is 0 Å². The van der Waals surface area contributed by atoms with Gasteiger partial charge in [-0.2, -0.15) is 5.10 Å². The summed E-state index contributed by atoms with van der Waals surface area (Å²) in [5.74, 6) is -1.40. The first-order chi connectivity index (χ1) is 13.6. The van der Waals surface area contributed by atoms with Crippen LogP contribution in [0.15, 0.2) is 6.20 Å². The number of aromatic nitrogens is 2. The van der Waals surface area contributed by atoms with E-state index < -0.39 is 11.9 Å². The highest BCUT2D eigenvalue weighted by Gasteiger charge is 2.27. The average Bonchev–Trinajstić information content (AvgIpc) is 3.12. The smallest absolute Gasteiger partial charge is 0.348 e. The first-order valence-corrected chi connectivity index (χ1v) is 11.0. The zero-order chi connectivity index (χ0) is 21.7. The Hall–Kier alpha value is -1.95. The van der Waals surface area contributed by atoms with E-state index in [1.807, 2.05) is 6.92 Å². The van der Waals surface area contributed by atoms with Crippen LogP contribution in [0, 0.1) is 17.4 Å². The number of hydrogen-bond acceptors (Lipinski definition) is 7. The molecular weight excluding hydrogens is 509 g/mol. The molecule has 2 rings (SSSR count). The molecule has 158 valence electrons. The summed E-state index contributed by atoms with van der Waals surface area (Å²) in [5.41, 5.74) is 1.60. The molecule has 0 saturated heterocycles. The van der Waals surface area contributed by atoms with Crippen LogP contribution in [0.2, 0.25) is 0 Å². The number of amides is 1. The number of carbonyl (C=O) groups excluding carboxylic acids is 3. The van der Waals surface area contributed by atoms with Gasteiger partial charge in [0.05, 0.1) is 34.6 Å². The molecule has 0 aliphatic heterocycles. The monoisotopic (exact) mass is 533 g/mol. The van der Waals surface area contributed by atoms with Crippen LogP contribution in [-0.4, -0.2) is 40.3 Å². The van der Waals surface area contributed by atoms with Crippen molar-refractivity contribution in [2.45, 2.75) is 53.7 Å². The topological polar surface area (TPSA) is 99.5 Å². The molecule has 0 radical (unpaired) electrons. The number of nitrogens with zero attached hydrogens (tertiary/aromatic N) is 2. The van der Waals surface area contributed by atoms with E-state index in [1.165, 1.54) is 0 Å². The summed E-state index contributed by atoms with van der Waals surface area (Å²) in [6.45, 7) is 9.37. The standard InChI is InChI=1S/C19H24IN3O5S/c1-6-27-19(26)16-11(4)15(18(25)28-10(2)3)17(29-16)22-14(24)7-8-23-12(5)13(20)9-21-23/h9-10H,6-8H2,1-5H3,(H,22,24). The van der Waals surface area contributed by atoms with E-state index in [-0.39, 0.29) is 40.5 Å². The second-order valence-electron chi connectivity index (χ2n) is 6.53. The van der Waals surface area contributed by atoms with Crippen molar-refractivity contribution in [2.24, 2.45) is 0 Å². The molecule has 0 atom stereocenters. The summed E-state index contributed by atoms with van der Waals surface area (Å²) in [4.78, 5) is 37.6. The van der Waals surface area contributed by atoms with Gasteiger partial charge in [-0.25, -0.2) is 9.59 Å². The van der Waals surface area contributed by atoms with Crippen LogP contribution in [0.3, 0.4) is 0 Å². The van der Waals surface area contributed by atoms with Gasteiger partial charge in [-0.1, -0.05) is 0 Å². The highest BCUT2D eigenvalue weighted by atomic mass is 127. The molecule has 0 saturated carbocycles. The number of anilines is 1. The van der Waals surface area contributed by atoms with Crippen molar-refractivity contribution in [2.75, 3.05) is 11.9 Å². The second-order valence-corrected chi connectivity index (χ2v) is 8.72. The lowest BCUT2D eigenvalue weighted by molar-refractivity contribution is -0.116. The number of thiophene rings is 1. The summed E-state index contributed by atoms with van der Waals surface area (Å²) in [5, 5.41) is 7.26. The van der Waals surface area contributed by atoms with Gasteiger partial charge >= 0.3 is 11.9 Å². The van der Waals surface area contributed by atoms with Gasteiger partial charge in [0.15, 0.2) is 0 Å². The van der Waals surface area contributed by atoms with Gasteiger partial charge in [0.2, 0.25) is 5.91 Å². The van der Waals surface area contributed by atoms with Gasteiger partial charge in [0.25, 0.3) is 0 Å². The first-order valence-electron chi connectivity index (χ1n) is 9.14. The van der Waals surface area contributed by atoms with E-state index in [2.05, 4.69) is 33.0 Å². The van der Waals surface area contributed by atoms with Gasteiger partial charge in [0.1, 0.15) is 9.88 Å². The Morgan fingerprint density at radius 3 is 2.52 bits per heavy atom. The van der Waals surface area contributed by atoms with E-state index in [9.17, 15) is 14.4 Å². The van der Waals surface area contributed by atoms with Crippen molar-refractivity contribution in [1.82, 2.24) is 9.78 Å². The van der Waals surface area contributed by atoms with Crippen molar-refractivity contribution >= 4 is 56.8 Å². The molecule has 0 spiro atoms. The van der Waals surface area contributed by atoms with Crippen LogP contribution in [-0.2, 0) is 20.8 Å². The van der Waals surface area contributed by atoms with E-state index in [4.69, 9.17) is 9.47 Å². The maximum Gasteiger partial charge on any atom is 0.348 e. The number of esters is 2. The predicted molar refractivity (Wildman–Crippen MR) is 118 cm³/mol. The summed E-state index contributed by atoms with van der Waals surface area (Å²) in [7, 11) is 0. The molecule has 10 heteroatoms. The summed E-state index contributed by atoms with van der Waals surface area (Å²) >= 11 is 3.20. The summed E-state index contributed by atoms with van der Waals surface area (Å²) < 4.78 is 13.1. The highest BCUT2D eigenvalue weighted by Crippen LogP contribution is 2.34. The minimum Gasteiger partial charge on any atom is -0.462 e. The van der Waals surface area contributed by atoms with Crippen LogP contribution in [0.5, 0.6) is 0 Å². The molecule has 2 aromatic rings. The lowest BCUT2D eigenvalue weighted by Crippen LogP contribution is -2.18. The summed E-state index contributed by atoms with van der Waals surface area (Å²) in [6.07, 6.45) is 1.58. The third kappa shape index (κ3) is 5.78. The zero-order valence-corrected chi connectivity index (χ0v) is 20.0. The fourth-order valence-corrected chi connectivity index (χ4v) is 4.07. The molecule has 2 heterocycles. The Morgan fingerprint density at radius 2 is 1.97 bits per heavy atom. The van der Waals surface area contributed by atoms with E-state index >= 15 is 0 Å². The van der Waals surface area contributed by atoms with Gasteiger partial charge in [-0.15, -0.1) is 11.3 Å². The van der Waals surface area contributed by atoms with Crippen LogP contribution >= 0.6 is 33.9 Å². The fraction of sp³-hybridized carbons (Fsp3) is 0.474. The van der Waals surface area contributed by atoms with Crippen LogP contribution in [0.4, 0.5) is 5.00 Å². The van der Waals surface area contributed by atoms with Crippen molar-refractivity contribution in [1.29, 1.82) is 0 Å². The second kappa shape index (κ2) is 10.2. The molecule has 8 nitrogen and oxygen atoms in total. The molecule has 1 N–H and O–H groups in total. The average molecular weight is 533 g/mol. The Bertz CT molecular complexity index is 919. The van der Waals surface area contributed by atoms with Crippen LogP contribution in [0.1, 0.15) is 58.5 Å². The largest absolute Gasteiger partial charge is 0.462 e. The van der Waals surface area contributed by atoms with Crippen molar-refractivity contribution in [3.63, 3.8) is 0 Å². The molecule has 0 aliphatic rings. The minimum atomic E-state index is -0.586. The Kier molecular flexibility index (Phi) is 8.20. The van der Waals surface area contributed by atoms with Crippen molar-refractivity contribution < 1.29 is 23.9 Å². The van der Waals surface area contributed by atoms with E-state index in [1.54, 1.807) is 38.6 Å². The Morgan fingerprint density at radius 1 is 1.28 bits per heavy atom. The normalized spacial score (nSPS) is 10.9. The van der Waals surface area contributed by atoms with Crippen molar-refractivity contribution in [3.05, 3.63) is 31.5 Å². The lowest BCUT2D eigenvalue weighted by atomic mass is 10.1. The molecule has 29 heavy (non-hydrogen) atoms. The Labute approximate surface area is 187 Å². The molecule has 0 aliphatic carbocycles. The highest BCUT2D eigenvalue weighted by molar-refractivity contribution is 14.1. The van der Waals surface area contributed by atoms with Gasteiger partial charge in [-0.3, -0.25) is 9.48 Å². The summed E-state index contributed by atoms with van der Waals surface area (Å²) in [6, 6.07) is 0. The molecule has 2 aromatic heterocycles. The molecular formula is C19H24IN3O5S. The van der Waals surface area contributed by atoms with Gasteiger partial charge in [0, 0.05) is 12.1 Å². The van der Waals surface area contributed by atoms with E-state index in [0.29, 0.717) is 12.1 Å². The minimum absolute atomic E-state index is 0.170. The first kappa shape index (κ1) is 23.3. The third-order valence-electron chi connectivity index (χ3n) is 4.00. The molecule has 0 unspecified atom stereocenters. The van der Waals surface area contributed by atoms with Gasteiger partial charge in [-0.05, 0) is 62.8 Å². The number of halogens is 1. The number of ether oxygens (including phenoxy) is 2. The number of aryl methyl sites for hydroxylation is 1. The Balaban J connectivity index is 2.23. The molecule has 0 fully saturated rings. The van der Waals surface area contributed by atoms with E-state index in [0.717, 1.165) is 20.6 Å². The van der Waals surface area contributed by atoms with Gasteiger partial charge < -0.3 is 14.8 Å². The number of carbonyl (C=O) groups is 3. The fourth-order valence-electron chi connectivity index (χ4n) is 2.56. The third-order valence-corrected chi connectivity index (χ3v) is 6.25. The van der Waals surface area contributed by atoms with Crippen LogP contribution < -0.4 is 5.32 Å². The SMILES string of the molecule is CCOC(=O)c1sc(NC(=O)CCn2ncc(I)c2C)c(C(=O)OC(C)C)c1C. The zero-order valence-electron chi connectivity index (χ0n) is 17.0. The predicted octanol–water partition coefficient (Wildman–Crippen LogP) is 3.94. The maximum absolute atomic E-state index is 12.6. The molecule has 0 bridgehead atoms. The quantitative estimate of drug-likeness (QED) is 0.408. The van der Waals surface area contributed by atoms with Crippen LogP contribution in [0.25, 0.3) is 0 Å². The number of nitrogens with one attached hydrogen (secondary N) is 1. The lowest BCUT2D eigenvalue weighted by Gasteiger charge is -2.10. The number of hydrogen-bond donors (Lipinski definition) is 1. The molecule has 0 aromatic carbocycles. The maximum atomic E-state index is 12.6. The molecule has 1 amide bonds. The number of rotatable bonds is 8.